The first-order chi connectivity index (χ1) is 11.5. The lowest BCUT2D eigenvalue weighted by Crippen LogP contribution is -2.41. The van der Waals surface area contributed by atoms with E-state index in [1.807, 2.05) is 31.2 Å². The van der Waals surface area contributed by atoms with Crippen LogP contribution in [0.1, 0.15) is 43.7 Å². The van der Waals surface area contributed by atoms with E-state index >= 15 is 0 Å². The predicted octanol–water partition coefficient (Wildman–Crippen LogP) is 2.57. The fraction of sp³-hybridized carbons (Fsp3) is 0.579. The number of hydrogen-bond acceptors (Lipinski definition) is 3. The van der Waals surface area contributed by atoms with Crippen molar-refractivity contribution in [1.29, 1.82) is 0 Å². The molecule has 5 heteroatoms. The van der Waals surface area contributed by atoms with Gasteiger partial charge in [0.2, 0.25) is 0 Å². The third-order valence-electron chi connectivity index (χ3n) is 5.53. The molecule has 4 atom stereocenters. The Morgan fingerprint density at radius 1 is 1.33 bits per heavy atom. The van der Waals surface area contributed by atoms with Crippen LogP contribution in [0.15, 0.2) is 29.4 Å². The molecule has 0 radical (unpaired) electrons. The predicted molar refractivity (Wildman–Crippen MR) is 94.4 cm³/mol. The number of amides is 1. The van der Waals surface area contributed by atoms with Crippen LogP contribution in [0.5, 0.6) is 0 Å². The molecule has 0 aromatic heterocycles. The molecule has 2 aliphatic carbocycles. The highest BCUT2D eigenvalue weighted by Gasteiger charge is 2.42. The smallest absolute Gasteiger partial charge is 0.260 e. The minimum absolute atomic E-state index is 0.0995. The van der Waals surface area contributed by atoms with E-state index in [9.17, 15) is 4.79 Å². The van der Waals surface area contributed by atoms with Gasteiger partial charge in [-0.05, 0) is 50.9 Å². The van der Waals surface area contributed by atoms with Crippen molar-refractivity contribution in [3.8, 4) is 0 Å². The molecule has 24 heavy (non-hydrogen) atoms. The molecule has 0 saturated heterocycles. The second kappa shape index (κ2) is 7.24. The molecule has 1 aromatic rings. The van der Waals surface area contributed by atoms with E-state index < -0.39 is 0 Å². The molecule has 2 aliphatic rings. The maximum Gasteiger partial charge on any atom is 0.260 e. The van der Waals surface area contributed by atoms with Crippen LogP contribution in [-0.4, -0.2) is 24.4 Å². The molecule has 2 saturated carbocycles. The molecule has 3 rings (SSSR count). The highest BCUT2D eigenvalue weighted by atomic mass is 16.6. The minimum atomic E-state index is -0.134. The van der Waals surface area contributed by atoms with Crippen LogP contribution >= 0.6 is 0 Å². The molecule has 130 valence electrons. The zero-order chi connectivity index (χ0) is 17.1. The average Bonchev–Trinajstić information content (AvgIpc) is 3.18. The number of nitrogens with zero attached hydrogens (tertiary/aromatic N) is 1. The lowest BCUT2D eigenvalue weighted by molar-refractivity contribution is -0.126. The maximum absolute atomic E-state index is 12.0. The number of carbonyl (C=O) groups is 1. The molecule has 2 bridgehead atoms. The number of aryl methyl sites for hydroxylation is 1. The highest BCUT2D eigenvalue weighted by Crippen LogP contribution is 2.49. The maximum atomic E-state index is 12.0. The lowest BCUT2D eigenvalue weighted by Gasteiger charge is -2.28. The number of nitrogens with one attached hydrogen (secondary N) is 1. The summed E-state index contributed by atoms with van der Waals surface area (Å²) in [4.78, 5) is 17.2. The van der Waals surface area contributed by atoms with Crippen molar-refractivity contribution in [3.63, 3.8) is 0 Å². The zero-order valence-corrected chi connectivity index (χ0v) is 14.5. The van der Waals surface area contributed by atoms with Gasteiger partial charge in [-0.3, -0.25) is 4.79 Å². The first-order valence-electron chi connectivity index (χ1n) is 8.84. The quantitative estimate of drug-likeness (QED) is 0.478. The van der Waals surface area contributed by atoms with Crippen molar-refractivity contribution in [2.45, 2.75) is 45.6 Å². The Hall–Kier alpha value is -2.04. The van der Waals surface area contributed by atoms with Gasteiger partial charge < -0.3 is 15.9 Å². The average molecular weight is 329 g/mol. The molecule has 2 fully saturated rings. The van der Waals surface area contributed by atoms with Gasteiger partial charge in [-0.25, -0.2) is 0 Å². The SMILES string of the molecule is Cc1ccc(/C(N)=N\OCC(=O)N[C@H](C)[C@H]2C[C@@H]3CC[C@@H]2C3)cc1. The summed E-state index contributed by atoms with van der Waals surface area (Å²) in [6, 6.07) is 7.89. The molecule has 1 aromatic carbocycles. The lowest BCUT2D eigenvalue weighted by atomic mass is 9.84. The van der Waals surface area contributed by atoms with Crippen LogP contribution in [0, 0.1) is 24.7 Å². The number of carbonyl (C=O) groups excluding carboxylic acids is 1. The summed E-state index contributed by atoms with van der Waals surface area (Å²) in [6.07, 6.45) is 5.30. The van der Waals surface area contributed by atoms with E-state index in [-0.39, 0.29) is 24.4 Å². The molecule has 1 amide bonds. The van der Waals surface area contributed by atoms with Crippen molar-refractivity contribution in [1.82, 2.24) is 5.32 Å². The standard InChI is InChI=1S/C19H27N3O2/c1-12-3-6-15(7-4-12)19(20)22-24-11-18(23)21-13(2)17-10-14-5-8-16(17)9-14/h3-4,6-7,13-14,16-17H,5,8-11H2,1-2H3,(H2,20,22)(H,21,23)/t13-,14-,16-,17-/m1/s1. The summed E-state index contributed by atoms with van der Waals surface area (Å²) in [5, 5.41) is 6.89. The normalized spacial score (nSPS) is 27.1. The van der Waals surface area contributed by atoms with Gasteiger partial charge in [0.1, 0.15) is 0 Å². The van der Waals surface area contributed by atoms with Gasteiger partial charge in [0.15, 0.2) is 12.4 Å². The Bertz CT molecular complexity index is 612. The van der Waals surface area contributed by atoms with Crippen LogP contribution in [0.4, 0.5) is 0 Å². The van der Waals surface area contributed by atoms with E-state index in [1.165, 1.54) is 25.7 Å². The van der Waals surface area contributed by atoms with Gasteiger partial charge in [0.05, 0.1) is 0 Å². The van der Waals surface area contributed by atoms with Crippen molar-refractivity contribution >= 4 is 11.7 Å². The molecule has 0 unspecified atom stereocenters. The number of oxime groups is 1. The molecule has 0 aliphatic heterocycles. The molecular weight excluding hydrogens is 302 g/mol. The van der Waals surface area contributed by atoms with Crippen LogP contribution in [-0.2, 0) is 9.63 Å². The summed E-state index contributed by atoms with van der Waals surface area (Å²) in [5.41, 5.74) is 7.81. The van der Waals surface area contributed by atoms with Gasteiger partial charge in [0, 0.05) is 11.6 Å². The van der Waals surface area contributed by atoms with E-state index in [0.717, 1.165) is 23.0 Å². The molecule has 0 heterocycles. The number of benzene rings is 1. The van der Waals surface area contributed by atoms with E-state index in [0.29, 0.717) is 5.92 Å². The Balaban J connectivity index is 1.43. The summed E-state index contributed by atoms with van der Waals surface area (Å²) < 4.78 is 0. The second-order valence-corrected chi connectivity index (χ2v) is 7.31. The summed E-state index contributed by atoms with van der Waals surface area (Å²) in [6.45, 7) is 4.01. The Morgan fingerprint density at radius 3 is 2.71 bits per heavy atom. The van der Waals surface area contributed by atoms with Crippen molar-refractivity contribution in [3.05, 3.63) is 35.4 Å². The fourth-order valence-electron chi connectivity index (χ4n) is 4.25. The fourth-order valence-corrected chi connectivity index (χ4v) is 4.25. The summed E-state index contributed by atoms with van der Waals surface area (Å²) in [5.74, 6) is 2.44. The third kappa shape index (κ3) is 3.89. The molecule has 3 N–H and O–H groups in total. The van der Waals surface area contributed by atoms with Gasteiger partial charge in [-0.15, -0.1) is 0 Å². The first-order valence-corrected chi connectivity index (χ1v) is 8.84. The highest BCUT2D eigenvalue weighted by molar-refractivity contribution is 5.97. The third-order valence-corrected chi connectivity index (χ3v) is 5.53. The second-order valence-electron chi connectivity index (χ2n) is 7.31. The Morgan fingerprint density at radius 2 is 2.08 bits per heavy atom. The first kappa shape index (κ1) is 16.8. The Kier molecular flexibility index (Phi) is 5.07. The van der Waals surface area contributed by atoms with Crippen LogP contribution in [0.2, 0.25) is 0 Å². The van der Waals surface area contributed by atoms with Crippen molar-refractivity contribution in [2.24, 2.45) is 28.6 Å². The van der Waals surface area contributed by atoms with Gasteiger partial charge in [-0.2, -0.15) is 0 Å². The van der Waals surface area contributed by atoms with Gasteiger partial charge in [0.25, 0.3) is 5.91 Å². The summed E-state index contributed by atoms with van der Waals surface area (Å²) in [7, 11) is 0. The molecule has 5 nitrogen and oxygen atoms in total. The zero-order valence-electron chi connectivity index (χ0n) is 14.5. The van der Waals surface area contributed by atoms with Gasteiger partial charge >= 0.3 is 0 Å². The van der Waals surface area contributed by atoms with E-state index in [2.05, 4.69) is 17.4 Å². The number of amidine groups is 1. The number of nitrogens with two attached hydrogens (primary N) is 1. The number of fused-ring (bicyclic) bond motifs is 2. The summed E-state index contributed by atoms with van der Waals surface area (Å²) >= 11 is 0. The van der Waals surface area contributed by atoms with Crippen LogP contribution in [0.3, 0.4) is 0 Å². The van der Waals surface area contributed by atoms with Gasteiger partial charge in [-0.1, -0.05) is 41.4 Å². The van der Waals surface area contributed by atoms with Crippen molar-refractivity contribution in [2.75, 3.05) is 6.61 Å². The topological polar surface area (TPSA) is 76.7 Å². The van der Waals surface area contributed by atoms with Crippen molar-refractivity contribution < 1.29 is 9.63 Å². The molecular formula is C19H27N3O2. The van der Waals surface area contributed by atoms with Crippen LogP contribution in [0.25, 0.3) is 0 Å². The number of rotatable bonds is 6. The van der Waals surface area contributed by atoms with E-state index in [1.54, 1.807) is 0 Å². The largest absolute Gasteiger partial charge is 0.384 e. The Labute approximate surface area is 143 Å². The van der Waals surface area contributed by atoms with E-state index in [4.69, 9.17) is 10.6 Å². The number of hydrogen-bond donors (Lipinski definition) is 2. The minimum Gasteiger partial charge on any atom is -0.384 e. The van der Waals surface area contributed by atoms with Crippen LogP contribution < -0.4 is 11.1 Å². The monoisotopic (exact) mass is 329 g/mol. The molecule has 0 spiro atoms.